The molecule has 14 nitrogen and oxygen atoms in total. The largest absolute Gasteiger partial charge is 0.413 e. The van der Waals surface area contributed by atoms with Crippen LogP contribution in [0.1, 0.15) is 58.9 Å². The molecule has 2 amide bonds. The zero-order valence-electron chi connectivity index (χ0n) is 29.4. The molecule has 2 bridgehead atoms. The average Bonchev–Trinajstić information content (AvgIpc) is 3.58. The number of nitrogens with zero attached hydrogens (tertiary/aromatic N) is 5. The molecule has 5 atom stereocenters. The molecule has 3 aliphatic heterocycles. The number of benzene rings is 1. The number of para-hydroxylation sites is 1. The molecular formula is C34H53N7O7S. The Morgan fingerprint density at radius 3 is 2.43 bits per heavy atom. The van der Waals surface area contributed by atoms with Crippen molar-refractivity contribution in [3.05, 3.63) is 40.7 Å². The van der Waals surface area contributed by atoms with E-state index in [-0.39, 0.29) is 59.8 Å². The van der Waals surface area contributed by atoms with Crippen LogP contribution >= 0.6 is 0 Å². The molecule has 4 heterocycles. The van der Waals surface area contributed by atoms with Gasteiger partial charge in [-0.1, -0.05) is 18.2 Å². The van der Waals surface area contributed by atoms with Gasteiger partial charge < -0.3 is 24.6 Å². The Labute approximate surface area is 289 Å². The summed E-state index contributed by atoms with van der Waals surface area (Å²) in [7, 11) is -0.276. The molecule has 0 saturated carbocycles. The van der Waals surface area contributed by atoms with Crippen LogP contribution in [-0.2, 0) is 14.8 Å². The van der Waals surface area contributed by atoms with E-state index in [0.29, 0.717) is 39.0 Å². The van der Waals surface area contributed by atoms with E-state index in [4.69, 9.17) is 4.74 Å². The van der Waals surface area contributed by atoms with Crippen LogP contribution < -0.4 is 20.9 Å². The van der Waals surface area contributed by atoms with Crippen molar-refractivity contribution in [2.45, 2.75) is 89.2 Å². The minimum absolute atomic E-state index is 0.000120. The summed E-state index contributed by atoms with van der Waals surface area (Å²) in [5.41, 5.74) is 0.445. The fourth-order valence-electron chi connectivity index (χ4n) is 7.58. The van der Waals surface area contributed by atoms with Crippen molar-refractivity contribution >= 4 is 32.9 Å². The number of aromatic nitrogens is 1. The number of pyridine rings is 1. The van der Waals surface area contributed by atoms with Crippen LogP contribution in [0.25, 0.3) is 10.9 Å². The van der Waals surface area contributed by atoms with Crippen molar-refractivity contribution in [3.8, 4) is 5.75 Å². The molecule has 0 aliphatic carbocycles. The molecule has 3 N–H and O–H groups in total. The Bertz CT molecular complexity index is 1630. The minimum Gasteiger partial charge on any atom is -0.404 e. The van der Waals surface area contributed by atoms with E-state index in [0.717, 1.165) is 36.7 Å². The molecular weight excluding hydrogens is 650 g/mol. The molecule has 5 rings (SSSR count). The van der Waals surface area contributed by atoms with E-state index in [2.05, 4.69) is 20.4 Å². The molecule has 272 valence electrons. The number of nitrogens with one attached hydrogen (secondary N) is 2. The Morgan fingerprint density at radius 2 is 1.78 bits per heavy atom. The maximum absolute atomic E-state index is 13.2. The number of fused-ring (bicyclic) bond motifs is 3. The first-order chi connectivity index (χ1) is 23.2. The van der Waals surface area contributed by atoms with Gasteiger partial charge in [0.25, 0.3) is 5.56 Å². The van der Waals surface area contributed by atoms with E-state index in [9.17, 15) is 27.9 Å². The van der Waals surface area contributed by atoms with Gasteiger partial charge in [0.2, 0.25) is 15.9 Å². The summed E-state index contributed by atoms with van der Waals surface area (Å²) >= 11 is 0. The van der Waals surface area contributed by atoms with Gasteiger partial charge in [-0.3, -0.25) is 24.7 Å². The fourth-order valence-corrected chi connectivity index (χ4v) is 8.29. The lowest BCUT2D eigenvalue weighted by atomic mass is 9.97. The molecule has 3 fully saturated rings. The highest BCUT2D eigenvalue weighted by Crippen LogP contribution is 2.36. The van der Waals surface area contributed by atoms with Crippen LogP contribution in [0, 0.1) is 0 Å². The number of amides is 2. The highest BCUT2D eigenvalue weighted by molar-refractivity contribution is 7.89. The number of piperidine rings is 1. The first-order valence-corrected chi connectivity index (χ1v) is 19.0. The van der Waals surface area contributed by atoms with Crippen molar-refractivity contribution in [1.29, 1.82) is 0 Å². The first-order valence-electron chi connectivity index (χ1n) is 17.4. The van der Waals surface area contributed by atoms with Crippen LogP contribution in [0.5, 0.6) is 5.75 Å². The zero-order chi connectivity index (χ0) is 35.5. The molecule has 2 aromatic rings. The second-order valence-corrected chi connectivity index (χ2v) is 16.5. The smallest absolute Gasteiger partial charge is 0.404 e. The summed E-state index contributed by atoms with van der Waals surface area (Å²) in [5, 5.41) is 18.0. The summed E-state index contributed by atoms with van der Waals surface area (Å²) < 4.78 is 32.6. The number of hydrogen-bond acceptors (Lipinski definition) is 10. The highest BCUT2D eigenvalue weighted by atomic mass is 32.2. The molecule has 0 radical (unpaired) electrons. The monoisotopic (exact) mass is 703 g/mol. The number of hydrogen-bond donors (Lipinski definition) is 3. The Kier molecular flexibility index (Phi) is 12.0. The molecule has 1 aromatic carbocycles. The fraction of sp³-hybridized carbons (Fsp3) is 0.676. The van der Waals surface area contributed by atoms with E-state index in [1.54, 1.807) is 15.5 Å². The van der Waals surface area contributed by atoms with Gasteiger partial charge >= 0.3 is 6.09 Å². The quantitative estimate of drug-likeness (QED) is 0.263. The van der Waals surface area contributed by atoms with Crippen LogP contribution in [0.4, 0.5) is 4.79 Å². The van der Waals surface area contributed by atoms with Gasteiger partial charge in [0.05, 0.1) is 11.6 Å². The maximum atomic E-state index is 13.2. The van der Waals surface area contributed by atoms with E-state index < -0.39 is 22.2 Å². The lowest BCUT2D eigenvalue weighted by Gasteiger charge is -2.40. The topological polar surface area (TPSA) is 157 Å². The van der Waals surface area contributed by atoms with Gasteiger partial charge in [0, 0.05) is 89.3 Å². The van der Waals surface area contributed by atoms with Gasteiger partial charge in [0.15, 0.2) is 5.75 Å². The molecule has 49 heavy (non-hydrogen) atoms. The van der Waals surface area contributed by atoms with Crippen LogP contribution in [0.15, 0.2) is 35.1 Å². The number of carbonyl (C=O) groups is 2. The lowest BCUT2D eigenvalue weighted by Crippen LogP contribution is -2.54. The van der Waals surface area contributed by atoms with Crippen molar-refractivity contribution in [1.82, 2.24) is 34.2 Å². The standard InChI is InChI=1S/C34H53N7O7S/c1-23(2)41-31-9-7-6-8-25(31)16-32(33(41)44)48-34(45)36-27-17-28-10-11-29(18-27)40(28)21-30(43)20-39(24(3)42)15-14-38-13-12-26(19-38)35-22-49(46,47)37(4)5/h6-9,16,23,26-30,35,43H,10-15,17-22H2,1-5H3,(H,36,45)/t26?,27?,28-,29+,30?. The number of aliphatic hydroxyl groups excluding tert-OH is 1. The Hall–Kier alpha value is -3.08. The number of rotatable bonds is 14. The summed E-state index contributed by atoms with van der Waals surface area (Å²) in [6, 6.07) is 9.39. The summed E-state index contributed by atoms with van der Waals surface area (Å²) in [6.07, 6.45) is 2.82. The lowest BCUT2D eigenvalue weighted by molar-refractivity contribution is -0.130. The number of carbonyl (C=O) groups excluding carboxylic acids is 2. The third-order valence-corrected chi connectivity index (χ3v) is 11.8. The number of ether oxygens (including phenoxy) is 1. The molecule has 3 saturated heterocycles. The van der Waals surface area contributed by atoms with E-state index >= 15 is 0 Å². The second-order valence-electron chi connectivity index (χ2n) is 14.3. The summed E-state index contributed by atoms with van der Waals surface area (Å²) in [5.74, 6) is -0.198. The SMILES string of the molecule is CC(=O)N(CCN1CCC(NCS(=O)(=O)N(C)C)C1)CC(O)CN1[C@@H]2CC[C@H]1CC(NC(=O)Oc1cc3ccccc3n(C(C)C)c1=O)C2. The van der Waals surface area contributed by atoms with Gasteiger partial charge in [-0.25, -0.2) is 17.5 Å². The van der Waals surface area contributed by atoms with Crippen molar-refractivity contribution in [2.24, 2.45) is 0 Å². The maximum Gasteiger partial charge on any atom is 0.413 e. The third-order valence-electron chi connectivity index (χ3n) is 10.2. The van der Waals surface area contributed by atoms with Crippen LogP contribution in [0.3, 0.4) is 0 Å². The van der Waals surface area contributed by atoms with Gasteiger partial charge in [0.1, 0.15) is 5.88 Å². The van der Waals surface area contributed by atoms with Gasteiger partial charge in [-0.15, -0.1) is 0 Å². The Balaban J connectivity index is 1.08. The number of aliphatic hydroxyl groups is 1. The highest BCUT2D eigenvalue weighted by Gasteiger charge is 2.42. The minimum atomic E-state index is -3.32. The summed E-state index contributed by atoms with van der Waals surface area (Å²) in [6.45, 7) is 8.68. The van der Waals surface area contributed by atoms with Crippen LogP contribution in [-0.4, -0.2) is 139 Å². The van der Waals surface area contributed by atoms with Crippen molar-refractivity contribution < 1.29 is 27.9 Å². The van der Waals surface area contributed by atoms with Crippen molar-refractivity contribution in [2.75, 3.05) is 59.2 Å². The van der Waals surface area contributed by atoms with E-state index in [1.807, 2.05) is 38.1 Å². The van der Waals surface area contributed by atoms with Gasteiger partial charge in [-0.05, 0) is 64.6 Å². The van der Waals surface area contributed by atoms with Gasteiger partial charge in [-0.2, -0.15) is 0 Å². The van der Waals surface area contributed by atoms with E-state index in [1.165, 1.54) is 25.3 Å². The molecule has 0 spiro atoms. The zero-order valence-corrected chi connectivity index (χ0v) is 30.2. The predicted molar refractivity (Wildman–Crippen MR) is 188 cm³/mol. The first kappa shape index (κ1) is 37.2. The second kappa shape index (κ2) is 15.9. The Morgan fingerprint density at radius 1 is 1.08 bits per heavy atom. The molecule has 3 unspecified atom stereocenters. The molecule has 15 heteroatoms. The number of likely N-dealkylation sites (tertiary alicyclic amines) is 1. The molecule has 3 aliphatic rings. The normalized spacial score (nSPS) is 23.8. The van der Waals surface area contributed by atoms with Crippen molar-refractivity contribution in [3.63, 3.8) is 0 Å². The molecule has 1 aromatic heterocycles. The predicted octanol–water partition coefficient (Wildman–Crippen LogP) is 1.39. The average molecular weight is 704 g/mol. The van der Waals surface area contributed by atoms with Crippen LogP contribution in [0.2, 0.25) is 0 Å². The third kappa shape index (κ3) is 9.18. The summed E-state index contributed by atoms with van der Waals surface area (Å²) in [4.78, 5) is 44.9. The number of sulfonamides is 1.